The first-order valence-corrected chi connectivity index (χ1v) is 9.84. The van der Waals surface area contributed by atoms with Crippen LogP contribution in [0, 0.1) is 17.0 Å². The predicted octanol–water partition coefficient (Wildman–Crippen LogP) is 3.02. The van der Waals surface area contributed by atoms with Crippen molar-refractivity contribution in [2.45, 2.75) is 17.0 Å². The SMILES string of the molecule is Cc1c(C(=O)Nc2ccc(Sc3nncn3C)cc2)nnn1-c1cccc([N+](=O)[O-])c1. The van der Waals surface area contributed by atoms with Gasteiger partial charge in [0.25, 0.3) is 11.6 Å². The van der Waals surface area contributed by atoms with Gasteiger partial charge in [0.2, 0.25) is 0 Å². The summed E-state index contributed by atoms with van der Waals surface area (Å²) in [4.78, 5) is 24.1. The van der Waals surface area contributed by atoms with Gasteiger partial charge >= 0.3 is 0 Å². The largest absolute Gasteiger partial charge is 0.321 e. The van der Waals surface area contributed by atoms with Gasteiger partial charge in [0.15, 0.2) is 10.9 Å². The summed E-state index contributed by atoms with van der Waals surface area (Å²) in [5.41, 5.74) is 1.56. The van der Waals surface area contributed by atoms with Crippen molar-refractivity contribution in [3.8, 4) is 5.69 Å². The highest BCUT2D eigenvalue weighted by molar-refractivity contribution is 7.99. The van der Waals surface area contributed by atoms with Crippen LogP contribution in [0.3, 0.4) is 0 Å². The molecule has 0 saturated heterocycles. The van der Waals surface area contributed by atoms with Crippen LogP contribution in [0.25, 0.3) is 5.69 Å². The van der Waals surface area contributed by atoms with E-state index in [0.717, 1.165) is 10.1 Å². The van der Waals surface area contributed by atoms with Gasteiger partial charge in [-0.25, -0.2) is 4.68 Å². The zero-order valence-electron chi connectivity index (χ0n) is 16.5. The van der Waals surface area contributed by atoms with Crippen LogP contribution in [0.15, 0.2) is 64.9 Å². The average molecular weight is 436 g/mol. The third-order valence-electron chi connectivity index (χ3n) is 4.39. The van der Waals surface area contributed by atoms with Crippen LogP contribution in [-0.4, -0.2) is 40.6 Å². The quantitative estimate of drug-likeness (QED) is 0.360. The summed E-state index contributed by atoms with van der Waals surface area (Å²) >= 11 is 1.45. The molecule has 0 fully saturated rings. The summed E-state index contributed by atoms with van der Waals surface area (Å²) in [5.74, 6) is -0.428. The Bertz CT molecular complexity index is 1270. The molecular weight excluding hydrogens is 420 g/mol. The van der Waals surface area contributed by atoms with Gasteiger partial charge in [-0.1, -0.05) is 11.3 Å². The zero-order valence-corrected chi connectivity index (χ0v) is 17.3. The van der Waals surface area contributed by atoms with Gasteiger partial charge in [0.05, 0.1) is 16.3 Å². The van der Waals surface area contributed by atoms with E-state index >= 15 is 0 Å². The Morgan fingerprint density at radius 2 is 1.94 bits per heavy atom. The molecule has 0 unspecified atom stereocenters. The predicted molar refractivity (Wildman–Crippen MR) is 112 cm³/mol. The highest BCUT2D eigenvalue weighted by atomic mass is 32.2. The monoisotopic (exact) mass is 436 g/mol. The van der Waals surface area contributed by atoms with E-state index in [2.05, 4.69) is 25.8 Å². The molecule has 2 heterocycles. The van der Waals surface area contributed by atoms with E-state index in [4.69, 9.17) is 0 Å². The fraction of sp³-hybridized carbons (Fsp3) is 0.105. The number of hydrogen-bond acceptors (Lipinski definition) is 8. The molecule has 0 spiro atoms. The van der Waals surface area contributed by atoms with E-state index in [9.17, 15) is 14.9 Å². The summed E-state index contributed by atoms with van der Waals surface area (Å²) in [5, 5.41) is 30.3. The van der Waals surface area contributed by atoms with Crippen LogP contribution in [0.5, 0.6) is 0 Å². The normalized spacial score (nSPS) is 10.8. The molecule has 0 radical (unpaired) electrons. The molecule has 11 nitrogen and oxygen atoms in total. The molecule has 0 aliphatic carbocycles. The number of non-ortho nitro benzene ring substituents is 1. The third-order valence-corrected chi connectivity index (χ3v) is 5.45. The van der Waals surface area contributed by atoms with E-state index < -0.39 is 10.8 Å². The Balaban J connectivity index is 1.49. The second kappa shape index (κ2) is 8.36. The number of benzene rings is 2. The molecule has 0 bridgehead atoms. The molecule has 4 rings (SSSR count). The number of hydrogen-bond donors (Lipinski definition) is 1. The molecule has 2 aromatic carbocycles. The van der Waals surface area contributed by atoms with E-state index in [1.54, 1.807) is 37.5 Å². The highest BCUT2D eigenvalue weighted by Crippen LogP contribution is 2.26. The lowest BCUT2D eigenvalue weighted by Gasteiger charge is -2.06. The van der Waals surface area contributed by atoms with Gasteiger partial charge in [-0.05, 0) is 49.0 Å². The maximum Gasteiger partial charge on any atom is 0.278 e. The molecule has 0 aliphatic heterocycles. The summed E-state index contributed by atoms with van der Waals surface area (Å²) in [6.45, 7) is 1.67. The standard InChI is InChI=1S/C19H16N8O3S/c1-12-17(22-24-26(12)14-4-3-5-15(10-14)27(29)30)18(28)21-13-6-8-16(9-7-13)31-19-23-20-11-25(19)2/h3-11H,1-2H3,(H,21,28). The molecule has 156 valence electrons. The van der Waals surface area contributed by atoms with E-state index in [0.29, 0.717) is 17.1 Å². The van der Waals surface area contributed by atoms with Crippen LogP contribution >= 0.6 is 11.8 Å². The fourth-order valence-corrected chi connectivity index (χ4v) is 3.55. The molecule has 1 amide bonds. The Labute approximate surface area is 180 Å². The summed E-state index contributed by atoms with van der Waals surface area (Å²) in [6, 6.07) is 13.2. The number of carbonyl (C=O) groups is 1. The molecule has 1 N–H and O–H groups in total. The Kier molecular flexibility index (Phi) is 5.45. The van der Waals surface area contributed by atoms with Crippen molar-refractivity contribution in [3.05, 3.63) is 76.4 Å². The lowest BCUT2D eigenvalue weighted by Crippen LogP contribution is -2.14. The average Bonchev–Trinajstić information content (AvgIpc) is 3.35. The highest BCUT2D eigenvalue weighted by Gasteiger charge is 2.19. The lowest BCUT2D eigenvalue weighted by molar-refractivity contribution is -0.384. The number of nitro groups is 1. The van der Waals surface area contributed by atoms with Crippen molar-refractivity contribution in [3.63, 3.8) is 0 Å². The Morgan fingerprint density at radius 1 is 1.16 bits per heavy atom. The van der Waals surface area contributed by atoms with Crippen molar-refractivity contribution < 1.29 is 9.72 Å². The number of nitro benzene ring substituents is 1. The lowest BCUT2D eigenvalue weighted by atomic mass is 10.2. The second-order valence-corrected chi connectivity index (χ2v) is 7.56. The number of aryl methyl sites for hydroxylation is 1. The molecule has 4 aromatic rings. The maximum absolute atomic E-state index is 12.7. The first-order chi connectivity index (χ1) is 14.9. The van der Waals surface area contributed by atoms with E-state index in [1.165, 1.54) is 28.6 Å². The van der Waals surface area contributed by atoms with Gasteiger partial charge in [-0.2, -0.15) is 0 Å². The van der Waals surface area contributed by atoms with Crippen LogP contribution in [0.1, 0.15) is 16.2 Å². The van der Waals surface area contributed by atoms with E-state index in [1.807, 2.05) is 23.7 Å². The zero-order chi connectivity index (χ0) is 22.0. The van der Waals surface area contributed by atoms with Crippen molar-refractivity contribution in [2.75, 3.05) is 5.32 Å². The minimum Gasteiger partial charge on any atom is -0.321 e. The number of carbonyl (C=O) groups excluding carboxylic acids is 1. The number of amides is 1. The van der Waals surface area contributed by atoms with Crippen molar-refractivity contribution in [2.24, 2.45) is 7.05 Å². The number of nitrogens with one attached hydrogen (secondary N) is 1. The molecule has 0 saturated carbocycles. The van der Waals surface area contributed by atoms with Crippen LogP contribution in [-0.2, 0) is 7.05 Å². The van der Waals surface area contributed by atoms with Crippen molar-refractivity contribution >= 4 is 29.0 Å². The fourth-order valence-electron chi connectivity index (χ4n) is 2.79. The molecule has 2 aromatic heterocycles. The van der Waals surface area contributed by atoms with Gasteiger partial charge < -0.3 is 9.88 Å². The first-order valence-electron chi connectivity index (χ1n) is 9.03. The molecule has 0 atom stereocenters. The number of anilines is 1. The molecular formula is C19H16N8O3S. The molecule has 31 heavy (non-hydrogen) atoms. The Morgan fingerprint density at radius 3 is 2.61 bits per heavy atom. The van der Waals surface area contributed by atoms with Crippen LogP contribution < -0.4 is 5.32 Å². The minimum absolute atomic E-state index is 0.0716. The van der Waals surface area contributed by atoms with Crippen LogP contribution in [0.4, 0.5) is 11.4 Å². The van der Waals surface area contributed by atoms with Gasteiger partial charge in [0, 0.05) is 29.8 Å². The van der Waals surface area contributed by atoms with Gasteiger partial charge in [-0.3, -0.25) is 14.9 Å². The summed E-state index contributed by atoms with van der Waals surface area (Å²) < 4.78 is 3.20. The number of nitrogens with zero attached hydrogens (tertiary/aromatic N) is 7. The number of rotatable bonds is 6. The van der Waals surface area contributed by atoms with E-state index in [-0.39, 0.29) is 11.4 Å². The molecule has 12 heteroatoms. The smallest absolute Gasteiger partial charge is 0.278 e. The summed E-state index contributed by atoms with van der Waals surface area (Å²) in [6.07, 6.45) is 1.63. The van der Waals surface area contributed by atoms with Crippen LogP contribution in [0.2, 0.25) is 0 Å². The maximum atomic E-state index is 12.7. The Hall–Kier alpha value is -4.06. The first kappa shape index (κ1) is 20.2. The van der Waals surface area contributed by atoms with Gasteiger partial charge in [0.1, 0.15) is 6.33 Å². The topological polar surface area (TPSA) is 134 Å². The third kappa shape index (κ3) is 4.28. The van der Waals surface area contributed by atoms with Gasteiger partial charge in [-0.15, -0.1) is 15.3 Å². The second-order valence-electron chi connectivity index (χ2n) is 6.52. The van der Waals surface area contributed by atoms with Crippen molar-refractivity contribution in [1.29, 1.82) is 0 Å². The van der Waals surface area contributed by atoms with Crippen molar-refractivity contribution in [1.82, 2.24) is 29.8 Å². The number of aromatic nitrogens is 6. The molecule has 0 aliphatic rings. The summed E-state index contributed by atoms with van der Waals surface area (Å²) in [7, 11) is 1.86. The minimum atomic E-state index is -0.490.